The average Bonchev–Trinajstić information content (AvgIpc) is 3.46. The van der Waals surface area contributed by atoms with Gasteiger partial charge in [-0.2, -0.15) is 0 Å². The molecule has 0 saturated heterocycles. The largest absolute Gasteiger partial charge is 0.503 e. The fourth-order valence-corrected chi connectivity index (χ4v) is 4.69. The van der Waals surface area contributed by atoms with Gasteiger partial charge in [0.1, 0.15) is 5.58 Å². The molecule has 4 aromatic rings. The van der Waals surface area contributed by atoms with Crippen LogP contribution in [0.4, 0.5) is 5.69 Å². The third kappa shape index (κ3) is 4.26. The molecule has 7 heteroatoms. The number of ether oxygens (including phenoxy) is 1. The maximum Gasteiger partial charge on any atom is 0.337 e. The predicted octanol–water partition coefficient (Wildman–Crippen LogP) is 6.30. The second-order valence-electron chi connectivity index (χ2n) is 10.2. The van der Waals surface area contributed by atoms with Crippen LogP contribution in [-0.2, 0) is 14.9 Å². The first-order valence-electron chi connectivity index (χ1n) is 12.2. The lowest BCUT2D eigenvalue weighted by molar-refractivity contribution is -0.117. The lowest BCUT2D eigenvalue weighted by Gasteiger charge is -2.28. The molecule has 0 aliphatic carbocycles. The Labute approximate surface area is 219 Å². The third-order valence-corrected chi connectivity index (χ3v) is 6.76. The number of amides is 1. The number of hydrogen-bond acceptors (Lipinski definition) is 6. The van der Waals surface area contributed by atoms with Crippen molar-refractivity contribution in [3.05, 3.63) is 113 Å². The molecule has 1 N–H and O–H groups in total. The first kappa shape index (κ1) is 25.0. The summed E-state index contributed by atoms with van der Waals surface area (Å²) in [5.41, 5.74) is 2.80. The van der Waals surface area contributed by atoms with Gasteiger partial charge in [-0.15, -0.1) is 0 Å². The van der Waals surface area contributed by atoms with Gasteiger partial charge in [0.25, 0.3) is 5.91 Å². The Hall–Kier alpha value is -4.65. The third-order valence-electron chi connectivity index (χ3n) is 6.76. The summed E-state index contributed by atoms with van der Waals surface area (Å²) >= 11 is 0. The number of esters is 1. The minimum absolute atomic E-state index is 0.0275. The topological polar surface area (TPSA) is 97.0 Å². The smallest absolute Gasteiger partial charge is 0.337 e. The molecule has 0 spiro atoms. The zero-order valence-corrected chi connectivity index (χ0v) is 21.5. The number of methoxy groups -OCH3 is 1. The SMILES string of the molecule is COC(=O)c1ccc(N2C(=O)C(O)=C(C(=O)c3cc4ccccc4o3)C2c2ccc(C(C)(C)C)cc2)cc1. The van der Waals surface area contributed by atoms with Gasteiger partial charge in [0.05, 0.1) is 24.3 Å². The fraction of sp³-hybridized carbons (Fsp3) is 0.194. The number of carbonyl (C=O) groups excluding carboxylic acids is 3. The monoisotopic (exact) mass is 509 g/mol. The fourth-order valence-electron chi connectivity index (χ4n) is 4.69. The van der Waals surface area contributed by atoms with Crippen LogP contribution >= 0.6 is 0 Å². The van der Waals surface area contributed by atoms with Gasteiger partial charge in [0.2, 0.25) is 5.78 Å². The van der Waals surface area contributed by atoms with Gasteiger partial charge in [0, 0.05) is 11.1 Å². The van der Waals surface area contributed by atoms with Crippen molar-refractivity contribution in [2.24, 2.45) is 0 Å². The molecule has 0 bridgehead atoms. The molecule has 192 valence electrons. The first-order chi connectivity index (χ1) is 18.1. The molecule has 7 nitrogen and oxygen atoms in total. The molecule has 0 fully saturated rings. The Morgan fingerprint density at radius 3 is 2.21 bits per heavy atom. The van der Waals surface area contributed by atoms with E-state index in [1.165, 1.54) is 24.1 Å². The number of hydrogen-bond donors (Lipinski definition) is 1. The normalized spacial score (nSPS) is 15.8. The average molecular weight is 510 g/mol. The molecule has 38 heavy (non-hydrogen) atoms. The van der Waals surface area contributed by atoms with E-state index in [2.05, 4.69) is 20.8 Å². The highest BCUT2D eigenvalue weighted by atomic mass is 16.5. The number of nitrogens with zero attached hydrogens (tertiary/aromatic N) is 1. The maximum absolute atomic E-state index is 13.8. The molecule has 2 heterocycles. The molecule has 1 atom stereocenters. The van der Waals surface area contributed by atoms with Gasteiger partial charge in [-0.25, -0.2) is 4.79 Å². The number of benzene rings is 3. The summed E-state index contributed by atoms with van der Waals surface area (Å²) in [5, 5.41) is 11.8. The Bertz CT molecular complexity index is 1550. The van der Waals surface area contributed by atoms with Gasteiger partial charge < -0.3 is 14.3 Å². The van der Waals surface area contributed by atoms with Crippen LogP contribution in [0.25, 0.3) is 11.0 Å². The van der Waals surface area contributed by atoms with Crippen LogP contribution in [0.1, 0.15) is 58.9 Å². The first-order valence-corrected chi connectivity index (χ1v) is 12.2. The Morgan fingerprint density at radius 2 is 1.61 bits per heavy atom. The molecule has 1 unspecified atom stereocenters. The number of para-hydroxylation sites is 1. The van der Waals surface area contributed by atoms with Crippen LogP contribution < -0.4 is 4.90 Å². The second kappa shape index (κ2) is 9.34. The molecular weight excluding hydrogens is 482 g/mol. The van der Waals surface area contributed by atoms with Crippen molar-refractivity contribution in [3.8, 4) is 0 Å². The lowest BCUT2D eigenvalue weighted by Crippen LogP contribution is -2.31. The van der Waals surface area contributed by atoms with Crippen molar-refractivity contribution in [2.75, 3.05) is 12.0 Å². The lowest BCUT2D eigenvalue weighted by atomic mass is 9.85. The van der Waals surface area contributed by atoms with Crippen molar-refractivity contribution in [1.82, 2.24) is 0 Å². The van der Waals surface area contributed by atoms with Gasteiger partial charge in [-0.1, -0.05) is 63.2 Å². The van der Waals surface area contributed by atoms with Gasteiger partial charge in [0.15, 0.2) is 11.5 Å². The van der Waals surface area contributed by atoms with E-state index >= 15 is 0 Å². The highest BCUT2D eigenvalue weighted by molar-refractivity contribution is 6.20. The Morgan fingerprint density at radius 1 is 0.947 bits per heavy atom. The summed E-state index contributed by atoms with van der Waals surface area (Å²) in [6, 6.07) is 21.8. The summed E-state index contributed by atoms with van der Waals surface area (Å²) in [6.45, 7) is 6.29. The van der Waals surface area contributed by atoms with Crippen LogP contribution in [0.2, 0.25) is 0 Å². The molecule has 1 aliphatic rings. The summed E-state index contributed by atoms with van der Waals surface area (Å²) < 4.78 is 10.6. The highest BCUT2D eigenvalue weighted by Gasteiger charge is 2.45. The number of anilines is 1. The predicted molar refractivity (Wildman–Crippen MR) is 143 cm³/mol. The molecule has 0 saturated carbocycles. The number of carbonyl (C=O) groups is 3. The van der Waals surface area contributed by atoms with E-state index in [0.717, 1.165) is 10.9 Å². The van der Waals surface area contributed by atoms with Crippen molar-refractivity contribution in [1.29, 1.82) is 0 Å². The van der Waals surface area contributed by atoms with Crippen molar-refractivity contribution in [3.63, 3.8) is 0 Å². The van der Waals surface area contributed by atoms with E-state index in [0.29, 0.717) is 22.4 Å². The van der Waals surface area contributed by atoms with E-state index in [4.69, 9.17) is 9.15 Å². The number of aliphatic hydroxyl groups excluding tert-OH is 1. The maximum atomic E-state index is 13.8. The molecule has 0 radical (unpaired) electrons. The quantitative estimate of drug-likeness (QED) is 0.251. The molecule has 1 aliphatic heterocycles. The number of ketones is 1. The molecule has 5 rings (SSSR count). The van der Waals surface area contributed by atoms with Crippen LogP contribution in [0.5, 0.6) is 0 Å². The minimum Gasteiger partial charge on any atom is -0.503 e. The highest BCUT2D eigenvalue weighted by Crippen LogP contribution is 2.43. The Kier molecular flexibility index (Phi) is 6.15. The summed E-state index contributed by atoms with van der Waals surface area (Å²) in [7, 11) is 1.29. The van der Waals surface area contributed by atoms with E-state index < -0.39 is 29.5 Å². The molecule has 3 aromatic carbocycles. The number of Topliss-reactive ketones (excluding diaryl/α,β-unsaturated/α-hetero) is 1. The standard InChI is InChI=1S/C31H27NO6/c1-31(2,3)21-13-9-18(10-14-21)26-25(27(33)24-17-20-7-5-6-8-23(20)38-24)28(34)29(35)32(26)22-15-11-19(12-16-22)30(36)37-4/h5-17,26,34H,1-4H3. The summed E-state index contributed by atoms with van der Waals surface area (Å²) in [5.74, 6) is -2.43. The summed E-state index contributed by atoms with van der Waals surface area (Å²) in [6.07, 6.45) is 0. The van der Waals surface area contributed by atoms with Crippen LogP contribution in [0.15, 0.2) is 94.6 Å². The van der Waals surface area contributed by atoms with Crippen LogP contribution in [0, 0.1) is 0 Å². The number of furan rings is 1. The molecule has 1 amide bonds. The summed E-state index contributed by atoms with van der Waals surface area (Å²) in [4.78, 5) is 40.5. The second-order valence-corrected chi connectivity index (χ2v) is 10.2. The van der Waals surface area contributed by atoms with E-state index in [-0.39, 0.29) is 16.7 Å². The van der Waals surface area contributed by atoms with E-state index in [9.17, 15) is 19.5 Å². The molecule has 1 aromatic heterocycles. The van der Waals surface area contributed by atoms with Crippen molar-refractivity contribution >= 4 is 34.3 Å². The Balaban J connectivity index is 1.63. The van der Waals surface area contributed by atoms with Crippen molar-refractivity contribution < 1.29 is 28.6 Å². The minimum atomic E-state index is -0.916. The van der Waals surface area contributed by atoms with Crippen molar-refractivity contribution in [2.45, 2.75) is 32.2 Å². The number of fused-ring (bicyclic) bond motifs is 1. The van der Waals surface area contributed by atoms with E-state index in [1.54, 1.807) is 30.3 Å². The zero-order valence-electron chi connectivity index (χ0n) is 21.5. The van der Waals surface area contributed by atoms with E-state index in [1.807, 2.05) is 36.4 Å². The number of rotatable bonds is 5. The molecular formula is C31H27NO6. The van der Waals surface area contributed by atoms with Gasteiger partial charge in [-0.05, 0) is 52.9 Å². The van der Waals surface area contributed by atoms with Crippen LogP contribution in [0.3, 0.4) is 0 Å². The zero-order chi connectivity index (χ0) is 27.2. The van der Waals surface area contributed by atoms with Gasteiger partial charge in [-0.3, -0.25) is 14.5 Å². The van der Waals surface area contributed by atoms with Crippen LogP contribution in [-0.4, -0.2) is 29.9 Å². The number of aliphatic hydroxyl groups is 1. The van der Waals surface area contributed by atoms with Gasteiger partial charge >= 0.3 is 5.97 Å².